The summed E-state index contributed by atoms with van der Waals surface area (Å²) in [5.41, 5.74) is 1.01. The quantitative estimate of drug-likeness (QED) is 0.500. The van der Waals surface area contributed by atoms with Crippen molar-refractivity contribution in [3.05, 3.63) is 50.9 Å². The van der Waals surface area contributed by atoms with Gasteiger partial charge in [-0.25, -0.2) is 13.2 Å². The van der Waals surface area contributed by atoms with Crippen LogP contribution in [0.3, 0.4) is 0 Å². The highest BCUT2D eigenvalue weighted by molar-refractivity contribution is 7.91. The van der Waals surface area contributed by atoms with Crippen molar-refractivity contribution in [3.8, 4) is 5.75 Å². The number of carbonyl (C=O) groups excluding carboxylic acids is 1. The predicted octanol–water partition coefficient (Wildman–Crippen LogP) is 1.53. The SMILES string of the molecule is C=C(C)COc1cc2oc(=O)c(CC(=O)N[C@H]3CS(=O)(=O)C[C@@H]3O)c(C)c2cc1Cl. The summed E-state index contributed by atoms with van der Waals surface area (Å²) in [5.74, 6) is -0.980. The second-order valence-electron chi connectivity index (χ2n) is 7.51. The summed E-state index contributed by atoms with van der Waals surface area (Å²) < 4.78 is 34.1. The normalized spacial score (nSPS) is 20.3. The second-order valence-corrected chi connectivity index (χ2v) is 10.1. The first-order valence-corrected chi connectivity index (χ1v) is 11.4. The number of hydrogen-bond donors (Lipinski definition) is 2. The number of carbonyl (C=O) groups is 1. The molecule has 0 radical (unpaired) electrons. The maximum absolute atomic E-state index is 12.5. The maximum atomic E-state index is 12.5. The van der Waals surface area contributed by atoms with Crippen LogP contribution in [0.2, 0.25) is 5.02 Å². The van der Waals surface area contributed by atoms with Gasteiger partial charge < -0.3 is 19.6 Å². The molecule has 0 bridgehead atoms. The molecule has 1 aliphatic rings. The van der Waals surface area contributed by atoms with Crippen molar-refractivity contribution in [1.82, 2.24) is 5.32 Å². The van der Waals surface area contributed by atoms with Crippen molar-refractivity contribution in [3.63, 3.8) is 0 Å². The van der Waals surface area contributed by atoms with E-state index >= 15 is 0 Å². The van der Waals surface area contributed by atoms with Crippen LogP contribution in [0.1, 0.15) is 18.1 Å². The van der Waals surface area contributed by atoms with E-state index in [0.29, 0.717) is 21.7 Å². The molecule has 10 heteroatoms. The molecule has 1 saturated heterocycles. The lowest BCUT2D eigenvalue weighted by atomic mass is 10.0. The third-order valence-corrected chi connectivity index (χ3v) is 6.83. The predicted molar refractivity (Wildman–Crippen MR) is 113 cm³/mol. The molecule has 1 aliphatic heterocycles. The summed E-state index contributed by atoms with van der Waals surface area (Å²) in [6, 6.07) is 2.20. The van der Waals surface area contributed by atoms with E-state index in [4.69, 9.17) is 20.8 Å². The molecule has 0 unspecified atom stereocenters. The summed E-state index contributed by atoms with van der Waals surface area (Å²) in [7, 11) is -3.40. The van der Waals surface area contributed by atoms with Crippen molar-refractivity contribution in [2.24, 2.45) is 0 Å². The zero-order valence-corrected chi connectivity index (χ0v) is 18.1. The second kappa shape index (κ2) is 8.41. The molecular weight excluding hydrogens is 434 g/mol. The van der Waals surface area contributed by atoms with Crippen molar-refractivity contribution in [2.75, 3.05) is 18.1 Å². The lowest BCUT2D eigenvalue weighted by Gasteiger charge is -2.15. The Hall–Kier alpha value is -2.36. The number of halogens is 1. The number of rotatable bonds is 6. The Balaban J connectivity index is 1.86. The third kappa shape index (κ3) is 4.85. The van der Waals surface area contributed by atoms with Crippen LogP contribution in [0.4, 0.5) is 0 Å². The van der Waals surface area contributed by atoms with Gasteiger partial charge in [-0.2, -0.15) is 0 Å². The highest BCUT2D eigenvalue weighted by Gasteiger charge is 2.37. The lowest BCUT2D eigenvalue weighted by Crippen LogP contribution is -2.43. The number of aliphatic hydroxyl groups is 1. The van der Waals surface area contributed by atoms with Gasteiger partial charge in [0.05, 0.1) is 40.7 Å². The fourth-order valence-corrected chi connectivity index (χ4v) is 5.25. The number of nitrogens with one attached hydrogen (secondary N) is 1. The molecule has 2 aromatic rings. The van der Waals surface area contributed by atoms with Crippen LogP contribution in [0.25, 0.3) is 11.0 Å². The number of aryl methyl sites for hydroxylation is 1. The summed E-state index contributed by atoms with van der Waals surface area (Å²) in [5, 5.41) is 13.2. The van der Waals surface area contributed by atoms with Crippen LogP contribution in [0.5, 0.6) is 5.75 Å². The first-order valence-electron chi connectivity index (χ1n) is 9.17. The molecule has 0 spiro atoms. The Morgan fingerprint density at radius 2 is 2.10 bits per heavy atom. The minimum absolute atomic E-state index is 0.127. The minimum atomic E-state index is -3.40. The van der Waals surface area contributed by atoms with E-state index in [1.165, 1.54) is 6.07 Å². The molecule has 2 atom stereocenters. The number of hydrogen-bond acceptors (Lipinski definition) is 7. The molecule has 1 aromatic heterocycles. The zero-order chi connectivity index (χ0) is 22.2. The largest absolute Gasteiger partial charge is 0.488 e. The first kappa shape index (κ1) is 22.3. The van der Waals surface area contributed by atoms with Gasteiger partial charge in [0, 0.05) is 11.5 Å². The third-order valence-electron chi connectivity index (χ3n) is 4.82. The van der Waals surface area contributed by atoms with E-state index in [9.17, 15) is 23.1 Å². The van der Waals surface area contributed by atoms with Gasteiger partial charge in [0.25, 0.3) is 0 Å². The fourth-order valence-electron chi connectivity index (χ4n) is 3.29. The average molecular weight is 456 g/mol. The van der Waals surface area contributed by atoms with Crippen molar-refractivity contribution in [2.45, 2.75) is 32.4 Å². The number of amides is 1. The monoisotopic (exact) mass is 455 g/mol. The maximum Gasteiger partial charge on any atom is 0.340 e. The number of fused-ring (bicyclic) bond motifs is 1. The molecule has 1 fully saturated rings. The van der Waals surface area contributed by atoms with E-state index in [2.05, 4.69) is 11.9 Å². The fraction of sp³-hybridized carbons (Fsp3) is 0.400. The first-order chi connectivity index (χ1) is 14.0. The average Bonchev–Trinajstić information content (AvgIpc) is 2.89. The van der Waals surface area contributed by atoms with Gasteiger partial charge in [-0.1, -0.05) is 18.2 Å². The van der Waals surface area contributed by atoms with Crippen LogP contribution in [0.15, 0.2) is 33.5 Å². The van der Waals surface area contributed by atoms with Gasteiger partial charge in [-0.05, 0) is 31.1 Å². The molecule has 1 aromatic carbocycles. The Morgan fingerprint density at radius 3 is 2.70 bits per heavy atom. The Kier molecular flexibility index (Phi) is 6.26. The van der Waals surface area contributed by atoms with Crippen LogP contribution >= 0.6 is 11.6 Å². The Labute approximate surface area is 178 Å². The summed E-state index contributed by atoms with van der Waals surface area (Å²) in [6.45, 7) is 7.48. The van der Waals surface area contributed by atoms with Crippen LogP contribution in [0, 0.1) is 6.92 Å². The molecule has 0 saturated carbocycles. The van der Waals surface area contributed by atoms with E-state index < -0.39 is 39.3 Å². The van der Waals surface area contributed by atoms with Crippen molar-refractivity contribution >= 4 is 38.3 Å². The highest BCUT2D eigenvalue weighted by atomic mass is 35.5. The summed E-state index contributed by atoms with van der Waals surface area (Å²) >= 11 is 6.27. The smallest absolute Gasteiger partial charge is 0.340 e. The number of ether oxygens (including phenoxy) is 1. The molecule has 2 N–H and O–H groups in total. The molecule has 2 heterocycles. The van der Waals surface area contributed by atoms with E-state index in [-0.39, 0.29) is 29.9 Å². The van der Waals surface area contributed by atoms with Gasteiger partial charge in [0.1, 0.15) is 17.9 Å². The molecular formula is C20H22ClNO7S. The van der Waals surface area contributed by atoms with Crippen molar-refractivity contribution < 1.29 is 27.5 Å². The van der Waals surface area contributed by atoms with E-state index in [0.717, 1.165) is 5.57 Å². The summed E-state index contributed by atoms with van der Waals surface area (Å²) in [6.07, 6.45) is -1.50. The molecule has 0 aliphatic carbocycles. The van der Waals surface area contributed by atoms with Gasteiger partial charge in [0.2, 0.25) is 5.91 Å². The van der Waals surface area contributed by atoms with Crippen LogP contribution in [-0.2, 0) is 21.1 Å². The van der Waals surface area contributed by atoms with Crippen LogP contribution in [-0.4, -0.2) is 49.7 Å². The molecule has 8 nitrogen and oxygen atoms in total. The molecule has 30 heavy (non-hydrogen) atoms. The van der Waals surface area contributed by atoms with E-state index in [1.54, 1.807) is 19.9 Å². The van der Waals surface area contributed by atoms with Gasteiger partial charge in [-0.15, -0.1) is 0 Å². The topological polar surface area (TPSA) is 123 Å². The minimum Gasteiger partial charge on any atom is -0.488 e. The lowest BCUT2D eigenvalue weighted by molar-refractivity contribution is -0.121. The van der Waals surface area contributed by atoms with Crippen LogP contribution < -0.4 is 15.7 Å². The number of sulfone groups is 1. The Morgan fingerprint density at radius 1 is 1.40 bits per heavy atom. The van der Waals surface area contributed by atoms with Crippen molar-refractivity contribution in [1.29, 1.82) is 0 Å². The molecule has 3 rings (SSSR count). The molecule has 1 amide bonds. The number of aliphatic hydroxyl groups excluding tert-OH is 1. The molecule has 162 valence electrons. The number of benzene rings is 1. The summed E-state index contributed by atoms with van der Waals surface area (Å²) in [4.78, 5) is 24.9. The van der Waals surface area contributed by atoms with Gasteiger partial charge >= 0.3 is 5.63 Å². The van der Waals surface area contributed by atoms with Gasteiger partial charge in [-0.3, -0.25) is 4.79 Å². The Bertz CT molecular complexity index is 1190. The van der Waals surface area contributed by atoms with E-state index in [1.807, 2.05) is 0 Å². The van der Waals surface area contributed by atoms with Gasteiger partial charge in [0.15, 0.2) is 9.84 Å². The standard InChI is InChI=1S/C20H22ClNO7S/c1-10(2)7-28-18-6-17-12(4-14(18)21)11(3)13(20(25)29-17)5-19(24)22-15-8-30(26,27)9-16(15)23/h4,6,15-16,23H,1,5,7-9H2,2-3H3,(H,22,24)/t15-,16-/m0/s1. The zero-order valence-electron chi connectivity index (χ0n) is 16.5. The highest BCUT2D eigenvalue weighted by Crippen LogP contribution is 2.32.